The van der Waals surface area contributed by atoms with Crippen LogP contribution in [0.5, 0.6) is 0 Å². The van der Waals surface area contributed by atoms with Crippen molar-refractivity contribution in [1.29, 1.82) is 0 Å². The van der Waals surface area contributed by atoms with Gasteiger partial charge in [0.05, 0.1) is 17.3 Å². The maximum absolute atomic E-state index is 6.24. The van der Waals surface area contributed by atoms with Gasteiger partial charge in [-0.05, 0) is 36.7 Å². The number of hydrogen-bond acceptors (Lipinski definition) is 2. The number of halogens is 1. The van der Waals surface area contributed by atoms with Gasteiger partial charge in [-0.3, -0.25) is 4.98 Å². The third-order valence-corrected chi connectivity index (χ3v) is 4.45. The van der Waals surface area contributed by atoms with Crippen LogP contribution in [0.3, 0.4) is 0 Å². The molecule has 108 valence electrons. The molecule has 0 spiro atoms. The number of nitrogens with zero attached hydrogens (tertiary/aromatic N) is 1. The molecule has 2 aromatic rings. The molecule has 2 rings (SSSR count). The largest absolute Gasteiger partial charge is 0.412 e. The Bertz CT molecular complexity index is 607. The molecule has 0 radical (unpaired) electrons. The Morgan fingerprint density at radius 1 is 1.15 bits per heavy atom. The van der Waals surface area contributed by atoms with Gasteiger partial charge in [0.25, 0.3) is 0 Å². The molecule has 1 aromatic heterocycles. The van der Waals surface area contributed by atoms with E-state index in [1.165, 1.54) is 0 Å². The molecule has 4 heteroatoms. The summed E-state index contributed by atoms with van der Waals surface area (Å²) in [6.45, 7) is 11.0. The zero-order valence-corrected chi connectivity index (χ0v) is 15.5. The van der Waals surface area contributed by atoms with E-state index < -0.39 is 9.04 Å². The summed E-state index contributed by atoms with van der Waals surface area (Å²) in [5.74, 6) is 0. The molecule has 0 aliphatic rings. The topological polar surface area (TPSA) is 22.1 Å². The van der Waals surface area contributed by atoms with Crippen LogP contribution in [-0.4, -0.2) is 14.0 Å². The zero-order valence-electron chi connectivity index (χ0n) is 12.8. The Hall–Kier alpha value is -0.713. The lowest BCUT2D eigenvalue weighted by molar-refractivity contribution is 0.0830. The van der Waals surface area contributed by atoms with E-state index in [9.17, 15) is 0 Å². The molecule has 0 bridgehead atoms. The Morgan fingerprint density at radius 3 is 2.40 bits per heavy atom. The van der Waals surface area contributed by atoms with Crippen molar-refractivity contribution in [2.24, 2.45) is 5.41 Å². The summed E-state index contributed by atoms with van der Waals surface area (Å²) < 4.78 is 7.30. The van der Waals surface area contributed by atoms with Gasteiger partial charge >= 0.3 is 0 Å². The second kappa shape index (κ2) is 5.96. The molecule has 1 heterocycles. The van der Waals surface area contributed by atoms with Gasteiger partial charge in [0.1, 0.15) is 0 Å². The van der Waals surface area contributed by atoms with Gasteiger partial charge in [0.15, 0.2) is 9.04 Å². The maximum atomic E-state index is 6.24. The number of aromatic nitrogens is 1. The lowest BCUT2D eigenvalue weighted by Gasteiger charge is -2.32. The Morgan fingerprint density at radius 2 is 1.80 bits per heavy atom. The van der Waals surface area contributed by atoms with Crippen LogP contribution in [0, 0.1) is 5.41 Å². The molecular weight excluding hydrogens is 330 g/mol. The highest BCUT2D eigenvalue weighted by molar-refractivity contribution is 9.10. The minimum absolute atomic E-state index is 0.0456. The molecule has 2 nitrogen and oxygen atoms in total. The lowest BCUT2D eigenvalue weighted by Crippen LogP contribution is -2.26. The van der Waals surface area contributed by atoms with Gasteiger partial charge in [0.2, 0.25) is 0 Å². The number of pyridine rings is 1. The lowest BCUT2D eigenvalue weighted by atomic mass is 9.87. The van der Waals surface area contributed by atoms with Crippen molar-refractivity contribution in [3.8, 4) is 0 Å². The van der Waals surface area contributed by atoms with Crippen LogP contribution < -0.4 is 0 Å². The quantitative estimate of drug-likeness (QED) is 0.719. The molecule has 1 aromatic carbocycles. The molecule has 1 unspecified atom stereocenters. The van der Waals surface area contributed by atoms with Crippen molar-refractivity contribution in [3.05, 3.63) is 40.5 Å². The average Bonchev–Trinajstić information content (AvgIpc) is 2.33. The van der Waals surface area contributed by atoms with E-state index in [2.05, 4.69) is 74.1 Å². The second-order valence-corrected chi connectivity index (χ2v) is 9.79. The van der Waals surface area contributed by atoms with E-state index in [0.29, 0.717) is 0 Å². The summed E-state index contributed by atoms with van der Waals surface area (Å²) in [5, 5.41) is 1.16. The van der Waals surface area contributed by atoms with Gasteiger partial charge in [-0.15, -0.1) is 0 Å². The maximum Gasteiger partial charge on any atom is 0.171 e. The van der Waals surface area contributed by atoms with Crippen molar-refractivity contribution in [1.82, 2.24) is 4.98 Å². The molecule has 0 saturated heterocycles. The summed E-state index contributed by atoms with van der Waals surface area (Å²) in [4.78, 5) is 4.82. The highest BCUT2D eigenvalue weighted by Gasteiger charge is 2.29. The minimum Gasteiger partial charge on any atom is -0.412 e. The summed E-state index contributed by atoms with van der Waals surface area (Å²) in [5.41, 5.74) is 2.09. The molecule has 0 aliphatic carbocycles. The van der Waals surface area contributed by atoms with E-state index in [0.717, 1.165) is 21.1 Å². The van der Waals surface area contributed by atoms with Crippen molar-refractivity contribution < 1.29 is 4.43 Å². The molecule has 0 fully saturated rings. The van der Waals surface area contributed by atoms with E-state index in [1.54, 1.807) is 0 Å². The number of benzene rings is 1. The SMILES string of the molecule is C[SiH](C)OC(c1ccc2ccc(Br)cc2n1)C(C)(C)C. The first-order valence-electron chi connectivity index (χ1n) is 6.99. The highest BCUT2D eigenvalue weighted by Crippen LogP contribution is 2.36. The van der Waals surface area contributed by atoms with E-state index in [-0.39, 0.29) is 11.5 Å². The molecule has 0 aliphatic heterocycles. The zero-order chi connectivity index (χ0) is 14.9. The fourth-order valence-corrected chi connectivity index (χ4v) is 3.68. The number of fused-ring (bicyclic) bond motifs is 1. The number of hydrogen-bond donors (Lipinski definition) is 0. The third kappa shape index (κ3) is 3.68. The summed E-state index contributed by atoms with van der Waals surface area (Å²) in [6, 6.07) is 10.4. The van der Waals surface area contributed by atoms with Crippen LogP contribution in [0.15, 0.2) is 34.8 Å². The molecular formula is C16H22BrNOSi. The van der Waals surface area contributed by atoms with Crippen LogP contribution in [0.4, 0.5) is 0 Å². The van der Waals surface area contributed by atoms with Crippen LogP contribution in [-0.2, 0) is 4.43 Å². The fraction of sp³-hybridized carbons (Fsp3) is 0.438. The van der Waals surface area contributed by atoms with Crippen molar-refractivity contribution in [3.63, 3.8) is 0 Å². The van der Waals surface area contributed by atoms with Crippen LogP contribution in [0.1, 0.15) is 32.6 Å². The standard InChI is InChI=1S/C16H22BrNOSi/c1-16(2,3)15(19-20(4)5)13-9-7-11-6-8-12(17)10-14(11)18-13/h6-10,15,20H,1-5H3. The van der Waals surface area contributed by atoms with Gasteiger partial charge in [-0.1, -0.05) is 48.8 Å². The molecule has 0 saturated carbocycles. The van der Waals surface area contributed by atoms with E-state index >= 15 is 0 Å². The van der Waals surface area contributed by atoms with Crippen molar-refractivity contribution >= 4 is 35.9 Å². The van der Waals surface area contributed by atoms with Gasteiger partial charge in [-0.25, -0.2) is 0 Å². The molecule has 0 N–H and O–H groups in total. The van der Waals surface area contributed by atoms with Crippen LogP contribution in [0.25, 0.3) is 10.9 Å². The van der Waals surface area contributed by atoms with Crippen molar-refractivity contribution in [2.45, 2.75) is 40.0 Å². The predicted octanol–water partition coefficient (Wildman–Crippen LogP) is 5.08. The van der Waals surface area contributed by atoms with E-state index in [4.69, 9.17) is 9.41 Å². The average molecular weight is 352 g/mol. The highest BCUT2D eigenvalue weighted by atomic mass is 79.9. The first-order valence-corrected chi connectivity index (χ1v) is 10.6. The predicted molar refractivity (Wildman–Crippen MR) is 91.6 cm³/mol. The Kier molecular flexibility index (Phi) is 4.67. The molecule has 20 heavy (non-hydrogen) atoms. The van der Waals surface area contributed by atoms with Gasteiger partial charge in [0, 0.05) is 9.86 Å². The smallest absolute Gasteiger partial charge is 0.171 e. The molecule has 1 atom stereocenters. The van der Waals surface area contributed by atoms with Gasteiger partial charge < -0.3 is 4.43 Å². The normalized spacial score (nSPS) is 13.9. The minimum atomic E-state index is -1.12. The number of rotatable bonds is 3. The Labute approximate surface area is 131 Å². The monoisotopic (exact) mass is 351 g/mol. The fourth-order valence-electron chi connectivity index (χ4n) is 2.24. The first kappa shape index (κ1) is 15.7. The third-order valence-electron chi connectivity index (χ3n) is 3.14. The second-order valence-electron chi connectivity index (χ2n) is 6.50. The van der Waals surface area contributed by atoms with Crippen LogP contribution >= 0.6 is 15.9 Å². The van der Waals surface area contributed by atoms with Crippen molar-refractivity contribution in [2.75, 3.05) is 0 Å². The van der Waals surface area contributed by atoms with Crippen LogP contribution in [0.2, 0.25) is 13.1 Å². The summed E-state index contributed by atoms with van der Waals surface area (Å²) in [7, 11) is -1.12. The summed E-state index contributed by atoms with van der Waals surface area (Å²) >= 11 is 3.51. The first-order chi connectivity index (χ1) is 9.27. The summed E-state index contributed by atoms with van der Waals surface area (Å²) in [6.07, 6.45) is 0.0533. The van der Waals surface area contributed by atoms with E-state index in [1.807, 2.05) is 6.07 Å². The van der Waals surface area contributed by atoms with Gasteiger partial charge in [-0.2, -0.15) is 0 Å². The molecule has 0 amide bonds. The Balaban J connectivity index is 2.47.